The highest BCUT2D eigenvalue weighted by molar-refractivity contribution is 7.99. The van der Waals surface area contributed by atoms with E-state index in [4.69, 9.17) is 0 Å². The summed E-state index contributed by atoms with van der Waals surface area (Å²) in [5.74, 6) is 1.83. The Bertz CT molecular complexity index is 570. The summed E-state index contributed by atoms with van der Waals surface area (Å²) < 4.78 is 0. The van der Waals surface area contributed by atoms with Crippen molar-refractivity contribution in [3.8, 4) is 0 Å². The summed E-state index contributed by atoms with van der Waals surface area (Å²) in [6.45, 7) is 2.15. The van der Waals surface area contributed by atoms with Crippen molar-refractivity contribution in [3.63, 3.8) is 0 Å². The van der Waals surface area contributed by atoms with Gasteiger partial charge in [-0.2, -0.15) is 0 Å². The van der Waals surface area contributed by atoms with E-state index in [0.29, 0.717) is 0 Å². The molecule has 0 radical (unpaired) electrons. The average molecular weight is 298 g/mol. The van der Waals surface area contributed by atoms with Crippen LogP contribution in [0.4, 0.5) is 0 Å². The standard InChI is InChI=1S/C19H22OS/c1-2-21-18-12-10-17(11-13-18)19(20)16-8-6-15(7-9-16)14-4-3-5-14/h6-14,19-20H,2-5H2,1H3. The van der Waals surface area contributed by atoms with Gasteiger partial charge in [0, 0.05) is 4.90 Å². The fourth-order valence-corrected chi connectivity index (χ4v) is 3.46. The molecule has 0 heterocycles. The van der Waals surface area contributed by atoms with Crippen LogP contribution in [0, 0.1) is 0 Å². The van der Waals surface area contributed by atoms with Gasteiger partial charge in [-0.05, 0) is 53.3 Å². The van der Waals surface area contributed by atoms with Crippen LogP contribution in [0.5, 0.6) is 0 Å². The molecule has 0 amide bonds. The van der Waals surface area contributed by atoms with Crippen molar-refractivity contribution >= 4 is 11.8 Å². The van der Waals surface area contributed by atoms with Gasteiger partial charge in [0.05, 0.1) is 0 Å². The molecule has 0 saturated heterocycles. The van der Waals surface area contributed by atoms with Crippen LogP contribution in [0.25, 0.3) is 0 Å². The molecule has 0 spiro atoms. The summed E-state index contributed by atoms with van der Waals surface area (Å²) in [4.78, 5) is 1.26. The van der Waals surface area contributed by atoms with Gasteiger partial charge < -0.3 is 5.11 Å². The molecule has 2 aromatic carbocycles. The third-order valence-electron chi connectivity index (χ3n) is 4.34. The Balaban J connectivity index is 1.72. The van der Waals surface area contributed by atoms with Crippen molar-refractivity contribution in [1.82, 2.24) is 0 Å². The van der Waals surface area contributed by atoms with E-state index in [2.05, 4.69) is 43.3 Å². The third kappa shape index (κ3) is 3.33. The van der Waals surface area contributed by atoms with Gasteiger partial charge in [-0.25, -0.2) is 0 Å². The molecule has 21 heavy (non-hydrogen) atoms. The van der Waals surface area contributed by atoms with Gasteiger partial charge in [-0.15, -0.1) is 11.8 Å². The second-order valence-corrected chi connectivity index (χ2v) is 7.04. The van der Waals surface area contributed by atoms with Gasteiger partial charge in [-0.3, -0.25) is 0 Å². The topological polar surface area (TPSA) is 20.2 Å². The summed E-state index contributed by atoms with van der Waals surface area (Å²) >= 11 is 1.82. The van der Waals surface area contributed by atoms with Crippen LogP contribution in [0.3, 0.4) is 0 Å². The van der Waals surface area contributed by atoms with E-state index >= 15 is 0 Å². The maximum absolute atomic E-state index is 10.5. The van der Waals surface area contributed by atoms with Crippen LogP contribution in [0.15, 0.2) is 53.4 Å². The monoisotopic (exact) mass is 298 g/mol. The van der Waals surface area contributed by atoms with E-state index in [-0.39, 0.29) is 0 Å². The van der Waals surface area contributed by atoms with Gasteiger partial charge in [0.15, 0.2) is 0 Å². The first kappa shape index (κ1) is 14.7. The normalized spacial score (nSPS) is 16.5. The molecular formula is C19H22OS. The van der Waals surface area contributed by atoms with E-state index in [1.54, 1.807) is 0 Å². The first-order valence-electron chi connectivity index (χ1n) is 7.78. The Morgan fingerprint density at radius 3 is 2.05 bits per heavy atom. The summed E-state index contributed by atoms with van der Waals surface area (Å²) in [5, 5.41) is 10.5. The fourth-order valence-electron chi connectivity index (χ4n) is 2.80. The minimum atomic E-state index is -0.527. The van der Waals surface area contributed by atoms with Crippen LogP contribution in [-0.4, -0.2) is 10.9 Å². The first-order chi connectivity index (χ1) is 10.3. The number of aliphatic hydroxyl groups is 1. The molecule has 1 aliphatic carbocycles. The van der Waals surface area contributed by atoms with Crippen LogP contribution >= 0.6 is 11.8 Å². The molecule has 1 N–H and O–H groups in total. The van der Waals surface area contributed by atoms with Crippen molar-refractivity contribution in [2.75, 3.05) is 5.75 Å². The molecule has 0 bridgehead atoms. The van der Waals surface area contributed by atoms with Crippen molar-refractivity contribution in [1.29, 1.82) is 0 Å². The first-order valence-corrected chi connectivity index (χ1v) is 8.77. The Labute approximate surface area is 131 Å². The lowest BCUT2D eigenvalue weighted by molar-refractivity contribution is 0.220. The lowest BCUT2D eigenvalue weighted by Crippen LogP contribution is -2.09. The number of hydrogen-bond donors (Lipinski definition) is 1. The SMILES string of the molecule is CCSc1ccc(C(O)c2ccc(C3CCC3)cc2)cc1. The zero-order valence-electron chi connectivity index (χ0n) is 12.5. The summed E-state index contributed by atoms with van der Waals surface area (Å²) in [6.07, 6.45) is 3.47. The molecule has 1 nitrogen and oxygen atoms in total. The lowest BCUT2D eigenvalue weighted by atomic mass is 9.80. The number of hydrogen-bond acceptors (Lipinski definition) is 2. The van der Waals surface area contributed by atoms with Gasteiger partial charge >= 0.3 is 0 Å². The van der Waals surface area contributed by atoms with Crippen LogP contribution in [0.1, 0.15) is 54.9 Å². The Hall–Kier alpha value is -1.25. The average Bonchev–Trinajstić information content (AvgIpc) is 2.47. The second kappa shape index (κ2) is 6.67. The van der Waals surface area contributed by atoms with Crippen LogP contribution in [-0.2, 0) is 0 Å². The molecule has 2 heteroatoms. The Kier molecular flexibility index (Phi) is 4.67. The van der Waals surface area contributed by atoms with Gasteiger partial charge in [0.25, 0.3) is 0 Å². The third-order valence-corrected chi connectivity index (χ3v) is 5.23. The number of benzene rings is 2. The molecule has 1 unspecified atom stereocenters. The Morgan fingerprint density at radius 1 is 1.00 bits per heavy atom. The number of aliphatic hydroxyl groups excluding tert-OH is 1. The summed E-state index contributed by atoms with van der Waals surface area (Å²) in [6, 6.07) is 16.8. The Morgan fingerprint density at radius 2 is 1.57 bits per heavy atom. The minimum absolute atomic E-state index is 0.527. The maximum Gasteiger partial charge on any atom is 0.104 e. The van der Waals surface area contributed by atoms with Crippen molar-refractivity contribution < 1.29 is 5.11 Å². The van der Waals surface area contributed by atoms with E-state index in [1.165, 1.54) is 29.7 Å². The zero-order valence-corrected chi connectivity index (χ0v) is 13.3. The van der Waals surface area contributed by atoms with Gasteiger partial charge in [0.1, 0.15) is 6.10 Å². The molecule has 1 fully saturated rings. The molecule has 1 aliphatic rings. The molecule has 1 atom stereocenters. The molecule has 110 valence electrons. The summed E-state index contributed by atoms with van der Waals surface area (Å²) in [7, 11) is 0. The molecule has 0 aromatic heterocycles. The summed E-state index contributed by atoms with van der Waals surface area (Å²) in [5.41, 5.74) is 3.37. The minimum Gasteiger partial charge on any atom is -0.384 e. The molecule has 3 rings (SSSR count). The highest BCUT2D eigenvalue weighted by Gasteiger charge is 2.19. The highest BCUT2D eigenvalue weighted by atomic mass is 32.2. The predicted molar refractivity (Wildman–Crippen MR) is 89.9 cm³/mol. The number of rotatable bonds is 5. The lowest BCUT2D eigenvalue weighted by Gasteiger charge is -2.26. The second-order valence-electron chi connectivity index (χ2n) is 5.70. The van der Waals surface area contributed by atoms with Crippen LogP contribution in [0.2, 0.25) is 0 Å². The quantitative estimate of drug-likeness (QED) is 0.771. The predicted octanol–water partition coefficient (Wildman–Crippen LogP) is 5.15. The highest BCUT2D eigenvalue weighted by Crippen LogP contribution is 2.36. The fraction of sp³-hybridized carbons (Fsp3) is 0.368. The largest absolute Gasteiger partial charge is 0.384 e. The maximum atomic E-state index is 10.5. The van der Waals surface area contributed by atoms with E-state index in [0.717, 1.165) is 22.8 Å². The molecule has 1 saturated carbocycles. The molecule has 0 aliphatic heterocycles. The zero-order chi connectivity index (χ0) is 14.7. The van der Waals surface area contributed by atoms with Crippen molar-refractivity contribution in [2.24, 2.45) is 0 Å². The van der Waals surface area contributed by atoms with E-state index < -0.39 is 6.10 Å². The smallest absolute Gasteiger partial charge is 0.104 e. The van der Waals surface area contributed by atoms with Gasteiger partial charge in [0.2, 0.25) is 0 Å². The van der Waals surface area contributed by atoms with Crippen LogP contribution < -0.4 is 0 Å². The van der Waals surface area contributed by atoms with E-state index in [9.17, 15) is 5.11 Å². The molecule has 2 aromatic rings. The molecular weight excluding hydrogens is 276 g/mol. The van der Waals surface area contributed by atoms with E-state index in [1.807, 2.05) is 23.9 Å². The number of thioether (sulfide) groups is 1. The van der Waals surface area contributed by atoms with Crippen molar-refractivity contribution in [3.05, 3.63) is 65.2 Å². The van der Waals surface area contributed by atoms with Gasteiger partial charge in [-0.1, -0.05) is 49.7 Å². The van der Waals surface area contributed by atoms with Crippen molar-refractivity contribution in [2.45, 2.75) is 43.1 Å².